The number of thioether (sulfide) groups is 1. The maximum Gasteiger partial charge on any atom is 0.410 e. The van der Waals surface area contributed by atoms with Crippen molar-refractivity contribution in [2.75, 3.05) is 32.4 Å². The van der Waals surface area contributed by atoms with E-state index in [2.05, 4.69) is 15.9 Å². The summed E-state index contributed by atoms with van der Waals surface area (Å²) in [5, 5.41) is 4.58. The molecule has 1 fully saturated rings. The number of nitrogens with zero attached hydrogens (tertiary/aromatic N) is 4. The van der Waals surface area contributed by atoms with Gasteiger partial charge in [-0.1, -0.05) is 27.5 Å². The van der Waals surface area contributed by atoms with E-state index in [0.717, 1.165) is 28.3 Å². The molecular formula is C16H22BrClN4O2S. The van der Waals surface area contributed by atoms with E-state index >= 15 is 0 Å². The van der Waals surface area contributed by atoms with E-state index < -0.39 is 5.60 Å². The molecule has 1 saturated heterocycles. The van der Waals surface area contributed by atoms with Crippen molar-refractivity contribution in [3.8, 4) is 0 Å². The molecule has 0 aromatic heterocycles. The molecule has 3 aliphatic heterocycles. The molecule has 0 bridgehead atoms. The normalized spacial score (nSPS) is 25.0. The van der Waals surface area contributed by atoms with E-state index in [1.165, 1.54) is 0 Å². The Morgan fingerprint density at radius 2 is 2.20 bits per heavy atom. The fourth-order valence-electron chi connectivity index (χ4n) is 2.81. The molecule has 0 spiro atoms. The number of fused-ring (bicyclic) bond motifs is 1. The SMILES string of the molecule is CN1CC(Br)=C2N=C(C3CN(C(=O)OC(C)(C)C)CCS3)C=C(Cl)N21. The first-order chi connectivity index (χ1) is 11.7. The summed E-state index contributed by atoms with van der Waals surface area (Å²) in [7, 11) is 1.96. The third-order valence-corrected chi connectivity index (χ3v) is 5.99. The van der Waals surface area contributed by atoms with Gasteiger partial charge in [-0.05, 0) is 26.8 Å². The molecular weight excluding hydrogens is 428 g/mol. The van der Waals surface area contributed by atoms with Gasteiger partial charge in [-0.25, -0.2) is 19.8 Å². The molecule has 9 heteroatoms. The number of hydrazine groups is 1. The lowest BCUT2D eigenvalue weighted by atomic mass is 10.2. The highest BCUT2D eigenvalue weighted by Crippen LogP contribution is 2.36. The van der Waals surface area contributed by atoms with Crippen LogP contribution in [0.2, 0.25) is 0 Å². The van der Waals surface area contributed by atoms with Crippen molar-refractivity contribution in [1.82, 2.24) is 14.9 Å². The van der Waals surface area contributed by atoms with Gasteiger partial charge in [0.2, 0.25) is 0 Å². The second-order valence-electron chi connectivity index (χ2n) is 7.15. The molecule has 3 heterocycles. The Morgan fingerprint density at radius 3 is 2.88 bits per heavy atom. The predicted molar refractivity (Wildman–Crippen MR) is 106 cm³/mol. The van der Waals surface area contributed by atoms with E-state index in [9.17, 15) is 4.79 Å². The van der Waals surface area contributed by atoms with Gasteiger partial charge in [0.15, 0.2) is 5.82 Å². The third kappa shape index (κ3) is 4.18. The van der Waals surface area contributed by atoms with Crippen LogP contribution in [0.1, 0.15) is 20.8 Å². The van der Waals surface area contributed by atoms with Crippen LogP contribution in [-0.2, 0) is 4.74 Å². The molecule has 138 valence electrons. The van der Waals surface area contributed by atoms with Crippen molar-refractivity contribution in [3.63, 3.8) is 0 Å². The molecule has 1 amide bonds. The Balaban J connectivity index is 1.76. The lowest BCUT2D eigenvalue weighted by Gasteiger charge is -2.35. The van der Waals surface area contributed by atoms with Crippen molar-refractivity contribution in [2.24, 2.45) is 4.99 Å². The van der Waals surface area contributed by atoms with Crippen molar-refractivity contribution >= 4 is 51.1 Å². The maximum atomic E-state index is 12.4. The number of allylic oxidation sites excluding steroid dienone is 1. The zero-order valence-electron chi connectivity index (χ0n) is 14.8. The van der Waals surface area contributed by atoms with Gasteiger partial charge >= 0.3 is 6.09 Å². The van der Waals surface area contributed by atoms with E-state index in [-0.39, 0.29) is 11.3 Å². The van der Waals surface area contributed by atoms with Gasteiger partial charge in [0, 0.05) is 25.9 Å². The van der Waals surface area contributed by atoms with Crippen molar-refractivity contribution in [1.29, 1.82) is 0 Å². The van der Waals surface area contributed by atoms with Crippen LogP contribution in [0.3, 0.4) is 0 Å². The fourth-order valence-corrected chi connectivity index (χ4v) is 4.94. The number of hydrogen-bond acceptors (Lipinski definition) is 6. The number of carbonyl (C=O) groups excluding carboxylic acids is 1. The van der Waals surface area contributed by atoms with Crippen LogP contribution in [-0.4, -0.2) is 70.0 Å². The number of amides is 1. The number of aliphatic imine (C=N–C) groups is 1. The molecule has 25 heavy (non-hydrogen) atoms. The largest absolute Gasteiger partial charge is 0.444 e. The highest BCUT2D eigenvalue weighted by atomic mass is 79.9. The van der Waals surface area contributed by atoms with Gasteiger partial charge in [0.25, 0.3) is 0 Å². The van der Waals surface area contributed by atoms with Crippen LogP contribution in [0.4, 0.5) is 4.79 Å². The summed E-state index contributed by atoms with van der Waals surface area (Å²) < 4.78 is 6.50. The van der Waals surface area contributed by atoms with Gasteiger partial charge in [-0.2, -0.15) is 0 Å². The first kappa shape index (κ1) is 19.1. The van der Waals surface area contributed by atoms with Crippen molar-refractivity contribution < 1.29 is 9.53 Å². The van der Waals surface area contributed by atoms with Gasteiger partial charge in [0.1, 0.15) is 10.8 Å². The number of likely N-dealkylation sites (N-methyl/N-ethyl adjacent to an activating group) is 1. The number of ether oxygens (including phenoxy) is 1. The Labute approximate surface area is 166 Å². The molecule has 0 aliphatic carbocycles. The molecule has 6 nitrogen and oxygen atoms in total. The van der Waals surface area contributed by atoms with E-state index in [0.29, 0.717) is 18.2 Å². The van der Waals surface area contributed by atoms with Gasteiger partial charge in [0.05, 0.1) is 22.0 Å². The zero-order chi connectivity index (χ0) is 18.4. The molecule has 0 aromatic rings. The van der Waals surface area contributed by atoms with E-state index in [4.69, 9.17) is 21.3 Å². The second kappa shape index (κ2) is 7.13. The minimum Gasteiger partial charge on any atom is -0.444 e. The first-order valence-corrected chi connectivity index (χ1v) is 10.3. The lowest BCUT2D eigenvalue weighted by Crippen LogP contribution is -2.47. The fraction of sp³-hybridized carbons (Fsp3) is 0.625. The highest BCUT2D eigenvalue weighted by Gasteiger charge is 2.35. The summed E-state index contributed by atoms with van der Waals surface area (Å²) in [5.74, 6) is 1.66. The molecule has 0 radical (unpaired) electrons. The van der Waals surface area contributed by atoms with Crippen LogP contribution >= 0.6 is 39.3 Å². The molecule has 1 unspecified atom stereocenters. The quantitative estimate of drug-likeness (QED) is 0.573. The third-order valence-electron chi connectivity index (χ3n) is 3.90. The average molecular weight is 450 g/mol. The van der Waals surface area contributed by atoms with Gasteiger partial charge < -0.3 is 9.64 Å². The lowest BCUT2D eigenvalue weighted by molar-refractivity contribution is 0.0264. The highest BCUT2D eigenvalue weighted by molar-refractivity contribution is 9.11. The van der Waals surface area contributed by atoms with E-state index in [1.807, 2.05) is 43.9 Å². The summed E-state index contributed by atoms with van der Waals surface area (Å²) in [5.41, 5.74) is 0.398. The second-order valence-corrected chi connectivity index (χ2v) is 9.80. The molecule has 0 saturated carbocycles. The van der Waals surface area contributed by atoms with Crippen LogP contribution in [0.15, 0.2) is 26.5 Å². The average Bonchev–Trinajstić information content (AvgIpc) is 2.80. The smallest absolute Gasteiger partial charge is 0.410 e. The van der Waals surface area contributed by atoms with Gasteiger partial charge in [-0.15, -0.1) is 11.8 Å². The Morgan fingerprint density at radius 1 is 1.48 bits per heavy atom. The summed E-state index contributed by atoms with van der Waals surface area (Å²) in [6.45, 7) is 7.62. The summed E-state index contributed by atoms with van der Waals surface area (Å²) in [6, 6.07) is 0. The monoisotopic (exact) mass is 448 g/mol. The minimum atomic E-state index is -0.493. The Bertz CT molecular complexity index is 674. The van der Waals surface area contributed by atoms with Crippen molar-refractivity contribution in [3.05, 3.63) is 21.5 Å². The van der Waals surface area contributed by atoms with Crippen LogP contribution < -0.4 is 0 Å². The number of rotatable bonds is 1. The molecule has 3 aliphatic rings. The molecule has 0 aromatic carbocycles. The van der Waals surface area contributed by atoms with Gasteiger partial charge in [-0.3, -0.25) is 0 Å². The summed E-state index contributed by atoms with van der Waals surface area (Å²) in [6.07, 6.45) is 1.62. The Hall–Kier alpha value is -0.700. The Kier molecular flexibility index (Phi) is 5.44. The van der Waals surface area contributed by atoms with E-state index in [1.54, 1.807) is 16.7 Å². The molecule has 0 N–H and O–H groups in total. The number of halogens is 2. The standard InChI is InChI=1S/C16H22BrClN4O2S/c1-16(2,3)24-15(23)21-5-6-25-12(9-21)11-7-13(18)22-14(19-11)10(17)8-20(22)4/h7,12H,5-6,8-9H2,1-4H3. The van der Waals surface area contributed by atoms with Crippen LogP contribution in [0.5, 0.6) is 0 Å². The first-order valence-electron chi connectivity index (χ1n) is 8.11. The number of carbonyl (C=O) groups is 1. The molecule has 1 atom stereocenters. The number of hydrogen-bond donors (Lipinski definition) is 0. The predicted octanol–water partition coefficient (Wildman–Crippen LogP) is 3.60. The van der Waals surface area contributed by atoms with Crippen LogP contribution in [0, 0.1) is 0 Å². The van der Waals surface area contributed by atoms with Crippen LogP contribution in [0.25, 0.3) is 0 Å². The summed E-state index contributed by atoms with van der Waals surface area (Å²) in [4.78, 5) is 18.9. The topological polar surface area (TPSA) is 48.4 Å². The summed E-state index contributed by atoms with van der Waals surface area (Å²) >= 11 is 11.8. The maximum absolute atomic E-state index is 12.4. The van der Waals surface area contributed by atoms with Crippen molar-refractivity contribution in [2.45, 2.75) is 31.6 Å². The molecule has 3 rings (SSSR count). The minimum absolute atomic E-state index is 0.0795. The zero-order valence-corrected chi connectivity index (χ0v) is 17.9.